The third-order valence-electron chi connectivity index (χ3n) is 3.23. The summed E-state index contributed by atoms with van der Waals surface area (Å²) in [6.07, 6.45) is 7.70. The SMILES string of the molecule is CCCn1cc(-c2ncnc3c2CNCC3)cn1. The molecule has 2 aromatic heterocycles. The van der Waals surface area contributed by atoms with Crippen molar-refractivity contribution < 1.29 is 0 Å². The van der Waals surface area contributed by atoms with Crippen LogP contribution in [0.4, 0.5) is 0 Å². The number of nitrogens with one attached hydrogen (secondary N) is 1. The summed E-state index contributed by atoms with van der Waals surface area (Å²) in [4.78, 5) is 8.80. The van der Waals surface area contributed by atoms with Crippen LogP contribution >= 0.6 is 0 Å². The quantitative estimate of drug-likeness (QED) is 0.885. The zero-order valence-corrected chi connectivity index (χ0v) is 10.6. The highest BCUT2D eigenvalue weighted by Gasteiger charge is 2.16. The van der Waals surface area contributed by atoms with Gasteiger partial charge in [-0.1, -0.05) is 6.92 Å². The van der Waals surface area contributed by atoms with E-state index in [1.807, 2.05) is 10.9 Å². The second kappa shape index (κ2) is 4.86. The van der Waals surface area contributed by atoms with Crippen LogP contribution < -0.4 is 5.32 Å². The number of hydrogen-bond acceptors (Lipinski definition) is 4. The van der Waals surface area contributed by atoms with Gasteiger partial charge in [0.2, 0.25) is 0 Å². The lowest BCUT2D eigenvalue weighted by atomic mass is 10.0. The first-order valence-corrected chi connectivity index (χ1v) is 6.44. The summed E-state index contributed by atoms with van der Waals surface area (Å²) in [7, 11) is 0. The van der Waals surface area contributed by atoms with E-state index in [1.165, 1.54) is 11.3 Å². The van der Waals surface area contributed by atoms with Gasteiger partial charge in [0.25, 0.3) is 0 Å². The summed E-state index contributed by atoms with van der Waals surface area (Å²) < 4.78 is 1.97. The van der Waals surface area contributed by atoms with Gasteiger partial charge in [-0.15, -0.1) is 0 Å². The van der Waals surface area contributed by atoms with E-state index >= 15 is 0 Å². The van der Waals surface area contributed by atoms with Crippen LogP contribution in [0.3, 0.4) is 0 Å². The first kappa shape index (κ1) is 11.3. The Morgan fingerprint density at radius 1 is 1.39 bits per heavy atom. The van der Waals surface area contributed by atoms with Gasteiger partial charge >= 0.3 is 0 Å². The second-order valence-corrected chi connectivity index (χ2v) is 4.57. The van der Waals surface area contributed by atoms with E-state index in [9.17, 15) is 0 Å². The normalized spacial score (nSPS) is 14.5. The Hall–Kier alpha value is -1.75. The summed E-state index contributed by atoms with van der Waals surface area (Å²) in [6.45, 7) is 4.95. The van der Waals surface area contributed by atoms with Crippen molar-refractivity contribution >= 4 is 0 Å². The highest BCUT2D eigenvalue weighted by atomic mass is 15.3. The van der Waals surface area contributed by atoms with E-state index in [1.54, 1.807) is 6.33 Å². The van der Waals surface area contributed by atoms with Crippen LogP contribution in [0.5, 0.6) is 0 Å². The Kier molecular flexibility index (Phi) is 3.06. The molecule has 1 N–H and O–H groups in total. The zero-order chi connectivity index (χ0) is 12.4. The fourth-order valence-corrected chi connectivity index (χ4v) is 2.36. The van der Waals surface area contributed by atoms with Gasteiger partial charge in [-0.05, 0) is 6.42 Å². The highest BCUT2D eigenvalue weighted by molar-refractivity contribution is 5.62. The van der Waals surface area contributed by atoms with Crippen LogP contribution in [-0.2, 0) is 19.5 Å². The third-order valence-corrected chi connectivity index (χ3v) is 3.23. The summed E-state index contributed by atoms with van der Waals surface area (Å²) in [5, 5.41) is 7.74. The maximum absolute atomic E-state index is 4.43. The molecule has 94 valence electrons. The van der Waals surface area contributed by atoms with E-state index in [2.05, 4.69) is 33.5 Å². The molecule has 3 heterocycles. The van der Waals surface area contributed by atoms with Crippen LogP contribution in [0.1, 0.15) is 24.6 Å². The molecule has 0 unspecified atom stereocenters. The smallest absolute Gasteiger partial charge is 0.116 e. The number of nitrogens with zero attached hydrogens (tertiary/aromatic N) is 4. The average molecular weight is 243 g/mol. The van der Waals surface area contributed by atoms with E-state index in [-0.39, 0.29) is 0 Å². The number of rotatable bonds is 3. The number of hydrogen-bond donors (Lipinski definition) is 1. The minimum absolute atomic E-state index is 0.852. The molecule has 0 fully saturated rings. The molecule has 0 aromatic carbocycles. The van der Waals surface area contributed by atoms with Gasteiger partial charge in [-0.25, -0.2) is 9.97 Å². The van der Waals surface area contributed by atoms with E-state index in [0.29, 0.717) is 0 Å². The topological polar surface area (TPSA) is 55.6 Å². The average Bonchev–Trinajstić information content (AvgIpc) is 2.87. The standard InChI is InChI=1S/C13H17N5/c1-2-5-18-8-10(6-17-18)13-11-7-14-4-3-12(11)15-9-16-13/h6,8-9,14H,2-5,7H2,1H3. The monoisotopic (exact) mass is 243 g/mol. The van der Waals surface area contributed by atoms with Crippen LogP contribution in [0.25, 0.3) is 11.3 Å². The fourth-order valence-electron chi connectivity index (χ4n) is 2.36. The molecule has 0 aliphatic carbocycles. The van der Waals surface area contributed by atoms with Crippen molar-refractivity contribution in [2.24, 2.45) is 0 Å². The maximum atomic E-state index is 4.43. The Balaban J connectivity index is 2.00. The van der Waals surface area contributed by atoms with E-state index in [0.717, 1.165) is 43.7 Å². The minimum atomic E-state index is 0.852. The summed E-state index contributed by atoms with van der Waals surface area (Å²) >= 11 is 0. The molecule has 5 nitrogen and oxygen atoms in total. The minimum Gasteiger partial charge on any atom is -0.312 e. The van der Waals surface area contributed by atoms with Gasteiger partial charge in [0.1, 0.15) is 6.33 Å². The van der Waals surface area contributed by atoms with Gasteiger partial charge in [0.15, 0.2) is 0 Å². The molecule has 0 saturated heterocycles. The molecule has 1 aliphatic rings. The second-order valence-electron chi connectivity index (χ2n) is 4.57. The molecule has 0 amide bonds. The third kappa shape index (κ3) is 2.01. The van der Waals surface area contributed by atoms with Crippen LogP contribution in [0.15, 0.2) is 18.7 Å². The van der Waals surface area contributed by atoms with Crippen LogP contribution in [0, 0.1) is 0 Å². The lowest BCUT2D eigenvalue weighted by molar-refractivity contribution is 0.603. The van der Waals surface area contributed by atoms with Crippen molar-refractivity contribution in [3.8, 4) is 11.3 Å². The summed E-state index contributed by atoms with van der Waals surface area (Å²) in [5.74, 6) is 0. The van der Waals surface area contributed by atoms with E-state index in [4.69, 9.17) is 0 Å². The molecular weight excluding hydrogens is 226 g/mol. The van der Waals surface area contributed by atoms with Crippen molar-refractivity contribution in [3.63, 3.8) is 0 Å². The Morgan fingerprint density at radius 2 is 2.33 bits per heavy atom. The zero-order valence-electron chi connectivity index (χ0n) is 10.6. The van der Waals surface area contributed by atoms with Crippen LogP contribution in [0.2, 0.25) is 0 Å². The Bertz CT molecular complexity index is 546. The van der Waals surface area contributed by atoms with Crippen molar-refractivity contribution in [2.75, 3.05) is 6.54 Å². The van der Waals surface area contributed by atoms with Crippen molar-refractivity contribution in [2.45, 2.75) is 32.9 Å². The maximum Gasteiger partial charge on any atom is 0.116 e. The molecule has 2 aromatic rings. The van der Waals surface area contributed by atoms with Gasteiger partial charge in [-0.3, -0.25) is 4.68 Å². The van der Waals surface area contributed by atoms with E-state index < -0.39 is 0 Å². The molecule has 0 radical (unpaired) electrons. The van der Waals surface area contributed by atoms with Gasteiger partial charge in [-0.2, -0.15) is 5.10 Å². The fraction of sp³-hybridized carbons (Fsp3) is 0.462. The molecule has 1 aliphatic heterocycles. The summed E-state index contributed by atoms with van der Waals surface area (Å²) in [5.41, 5.74) is 4.50. The predicted molar refractivity (Wildman–Crippen MR) is 69.0 cm³/mol. The van der Waals surface area contributed by atoms with Gasteiger partial charge < -0.3 is 5.32 Å². The Labute approximate surface area is 106 Å². The first-order chi connectivity index (χ1) is 8.88. The Morgan fingerprint density at radius 3 is 3.22 bits per heavy atom. The molecule has 0 spiro atoms. The molecular formula is C13H17N5. The highest BCUT2D eigenvalue weighted by Crippen LogP contribution is 2.24. The molecule has 5 heteroatoms. The molecule has 0 saturated carbocycles. The molecule has 0 bridgehead atoms. The lowest BCUT2D eigenvalue weighted by Crippen LogP contribution is -2.25. The van der Waals surface area contributed by atoms with Crippen LogP contribution in [-0.4, -0.2) is 26.3 Å². The molecule has 18 heavy (non-hydrogen) atoms. The molecule has 3 rings (SSSR count). The van der Waals surface area contributed by atoms with Crippen molar-refractivity contribution in [3.05, 3.63) is 30.0 Å². The first-order valence-electron chi connectivity index (χ1n) is 6.44. The number of fused-ring (bicyclic) bond motifs is 1. The van der Waals surface area contributed by atoms with Gasteiger partial charge in [0, 0.05) is 43.4 Å². The lowest BCUT2D eigenvalue weighted by Gasteiger charge is -2.17. The van der Waals surface area contributed by atoms with Crippen molar-refractivity contribution in [1.82, 2.24) is 25.1 Å². The largest absolute Gasteiger partial charge is 0.312 e. The predicted octanol–water partition coefficient (Wildman–Crippen LogP) is 1.40. The van der Waals surface area contributed by atoms with Crippen molar-refractivity contribution in [1.29, 1.82) is 0 Å². The molecule has 0 atom stereocenters. The number of aromatic nitrogens is 4. The van der Waals surface area contributed by atoms with Gasteiger partial charge in [0.05, 0.1) is 17.6 Å². The summed E-state index contributed by atoms with van der Waals surface area (Å²) in [6, 6.07) is 0. The number of aryl methyl sites for hydroxylation is 1.